The summed E-state index contributed by atoms with van der Waals surface area (Å²) < 4.78 is 10.5. The third-order valence-corrected chi connectivity index (χ3v) is 1.96. The van der Waals surface area contributed by atoms with Crippen molar-refractivity contribution in [2.24, 2.45) is 0 Å². The van der Waals surface area contributed by atoms with E-state index < -0.39 is 0 Å². The molecule has 0 radical (unpaired) electrons. The highest BCUT2D eigenvalue weighted by molar-refractivity contribution is 4.78. The van der Waals surface area contributed by atoms with Crippen molar-refractivity contribution in [3.05, 3.63) is 0 Å². The molecule has 2 nitrogen and oxygen atoms in total. The Morgan fingerprint density at radius 3 is 1.90 bits per heavy atom. The van der Waals surface area contributed by atoms with Gasteiger partial charge < -0.3 is 9.47 Å². The van der Waals surface area contributed by atoms with Crippen molar-refractivity contribution in [2.75, 3.05) is 14.2 Å². The van der Waals surface area contributed by atoms with Crippen molar-refractivity contribution in [2.45, 2.75) is 38.9 Å². The minimum Gasteiger partial charge on any atom is -0.378 e. The maximum absolute atomic E-state index is 5.26. The van der Waals surface area contributed by atoms with Gasteiger partial charge >= 0.3 is 0 Å². The van der Waals surface area contributed by atoms with E-state index in [-0.39, 0.29) is 11.7 Å². The molecule has 2 heteroatoms. The van der Waals surface area contributed by atoms with Gasteiger partial charge in [0, 0.05) is 14.2 Å². The summed E-state index contributed by atoms with van der Waals surface area (Å²) in [6, 6.07) is 0. The summed E-state index contributed by atoms with van der Waals surface area (Å²) in [6.07, 6.45) is 1.18. The van der Waals surface area contributed by atoms with E-state index in [1.54, 1.807) is 14.2 Å². The van der Waals surface area contributed by atoms with E-state index in [4.69, 9.17) is 9.47 Å². The third-order valence-electron chi connectivity index (χ3n) is 1.96. The molecule has 0 aromatic carbocycles. The number of hydrogen-bond donors (Lipinski definition) is 0. The lowest BCUT2D eigenvalue weighted by molar-refractivity contribution is -0.0953. The van der Waals surface area contributed by atoms with Crippen LogP contribution >= 0.6 is 0 Å². The Morgan fingerprint density at radius 2 is 1.80 bits per heavy atom. The fourth-order valence-corrected chi connectivity index (χ4v) is 1.07. The van der Waals surface area contributed by atoms with Crippen LogP contribution in [0.2, 0.25) is 0 Å². The van der Waals surface area contributed by atoms with Gasteiger partial charge in [0.1, 0.15) is 0 Å². The highest BCUT2D eigenvalue weighted by Crippen LogP contribution is 2.18. The molecule has 0 bridgehead atoms. The van der Waals surface area contributed by atoms with Crippen LogP contribution in [0.25, 0.3) is 0 Å². The molecule has 0 N–H and O–H groups in total. The molecule has 10 heavy (non-hydrogen) atoms. The number of rotatable bonds is 4. The van der Waals surface area contributed by atoms with Gasteiger partial charge in [0.05, 0.1) is 11.7 Å². The van der Waals surface area contributed by atoms with Crippen LogP contribution in [0.15, 0.2) is 0 Å². The van der Waals surface area contributed by atoms with Crippen molar-refractivity contribution < 1.29 is 9.47 Å². The van der Waals surface area contributed by atoms with Crippen molar-refractivity contribution in [3.63, 3.8) is 0 Å². The monoisotopic (exact) mass is 146 g/mol. The zero-order chi connectivity index (χ0) is 8.20. The van der Waals surface area contributed by atoms with Crippen LogP contribution < -0.4 is 0 Å². The highest BCUT2D eigenvalue weighted by atomic mass is 16.5. The van der Waals surface area contributed by atoms with Gasteiger partial charge in [-0.1, -0.05) is 6.92 Å². The van der Waals surface area contributed by atoms with Crippen molar-refractivity contribution in [1.82, 2.24) is 0 Å². The van der Waals surface area contributed by atoms with E-state index in [1.807, 2.05) is 13.8 Å². The number of hydrogen-bond acceptors (Lipinski definition) is 2. The first-order valence-electron chi connectivity index (χ1n) is 3.66. The normalized spacial score (nSPS) is 15.3. The lowest BCUT2D eigenvalue weighted by Gasteiger charge is -2.30. The van der Waals surface area contributed by atoms with Crippen molar-refractivity contribution >= 4 is 0 Å². The topological polar surface area (TPSA) is 18.5 Å². The molecule has 0 spiro atoms. The van der Waals surface area contributed by atoms with Crippen molar-refractivity contribution in [3.8, 4) is 0 Å². The Kier molecular flexibility index (Phi) is 3.91. The molecule has 0 unspecified atom stereocenters. The summed E-state index contributed by atoms with van der Waals surface area (Å²) in [6.45, 7) is 6.16. The fraction of sp³-hybridized carbons (Fsp3) is 1.00. The van der Waals surface area contributed by atoms with Crippen molar-refractivity contribution in [1.29, 1.82) is 0 Å². The first-order chi connectivity index (χ1) is 4.58. The Labute approximate surface area is 63.5 Å². The average molecular weight is 146 g/mol. The van der Waals surface area contributed by atoms with Gasteiger partial charge in [0.15, 0.2) is 0 Å². The van der Waals surface area contributed by atoms with E-state index in [0.717, 1.165) is 6.42 Å². The highest BCUT2D eigenvalue weighted by Gasteiger charge is 2.27. The van der Waals surface area contributed by atoms with E-state index in [1.165, 1.54) is 0 Å². The molecule has 62 valence electrons. The summed E-state index contributed by atoms with van der Waals surface area (Å²) in [5.41, 5.74) is -0.163. The molecule has 0 aliphatic heterocycles. The Balaban J connectivity index is 3.97. The lowest BCUT2D eigenvalue weighted by Crippen LogP contribution is -2.38. The molecule has 0 amide bonds. The number of methoxy groups -OCH3 is 2. The third kappa shape index (κ3) is 2.27. The maximum Gasteiger partial charge on any atom is 0.0882 e. The molecule has 0 heterocycles. The van der Waals surface area contributed by atoms with Gasteiger partial charge in [-0.25, -0.2) is 0 Å². The smallest absolute Gasteiger partial charge is 0.0882 e. The quantitative estimate of drug-likeness (QED) is 0.602. The standard InChI is InChI=1S/C8H18O2/c1-6-7(9-4)8(2,3)10-5/h7H,6H2,1-5H3/t7-/m1/s1. The fourth-order valence-electron chi connectivity index (χ4n) is 1.07. The summed E-state index contributed by atoms with van der Waals surface area (Å²) >= 11 is 0. The summed E-state index contributed by atoms with van der Waals surface area (Å²) in [5, 5.41) is 0. The van der Waals surface area contributed by atoms with E-state index in [9.17, 15) is 0 Å². The summed E-state index contributed by atoms with van der Waals surface area (Å²) in [4.78, 5) is 0. The molecule has 0 fully saturated rings. The van der Waals surface area contributed by atoms with Gasteiger partial charge in [-0.05, 0) is 20.3 Å². The predicted octanol–water partition coefficient (Wildman–Crippen LogP) is 1.84. The van der Waals surface area contributed by atoms with Gasteiger partial charge in [0.25, 0.3) is 0 Å². The zero-order valence-corrected chi connectivity index (χ0v) is 7.60. The second-order valence-corrected chi connectivity index (χ2v) is 2.94. The molecule has 0 aromatic heterocycles. The largest absolute Gasteiger partial charge is 0.378 e. The zero-order valence-electron chi connectivity index (χ0n) is 7.60. The summed E-state index contributed by atoms with van der Waals surface area (Å²) in [7, 11) is 3.43. The van der Waals surface area contributed by atoms with Crippen LogP contribution in [0.5, 0.6) is 0 Å². The molecule has 0 saturated carbocycles. The van der Waals surface area contributed by atoms with Gasteiger partial charge in [0.2, 0.25) is 0 Å². The van der Waals surface area contributed by atoms with Gasteiger partial charge in [-0.15, -0.1) is 0 Å². The first-order valence-corrected chi connectivity index (χ1v) is 3.66. The van der Waals surface area contributed by atoms with Crippen LogP contribution in [0, 0.1) is 0 Å². The van der Waals surface area contributed by atoms with Crippen LogP contribution in [0.1, 0.15) is 27.2 Å². The maximum atomic E-state index is 5.26. The Hall–Kier alpha value is -0.0800. The van der Waals surface area contributed by atoms with Crippen LogP contribution in [-0.4, -0.2) is 25.9 Å². The van der Waals surface area contributed by atoms with E-state index in [2.05, 4.69) is 6.92 Å². The average Bonchev–Trinajstić information content (AvgIpc) is 1.90. The number of ether oxygens (including phenoxy) is 2. The Morgan fingerprint density at radius 1 is 1.30 bits per heavy atom. The van der Waals surface area contributed by atoms with Crippen LogP contribution in [0.4, 0.5) is 0 Å². The molecule has 0 saturated heterocycles. The molecule has 0 aliphatic rings. The molecular formula is C8H18O2. The molecule has 0 aliphatic carbocycles. The molecule has 0 aromatic rings. The Bertz CT molecular complexity index is 85.3. The van der Waals surface area contributed by atoms with Crippen LogP contribution in [0.3, 0.4) is 0 Å². The van der Waals surface area contributed by atoms with E-state index in [0.29, 0.717) is 0 Å². The minimum atomic E-state index is -0.163. The van der Waals surface area contributed by atoms with E-state index >= 15 is 0 Å². The molecule has 1 atom stereocenters. The SMILES string of the molecule is CC[C@@H](OC)C(C)(C)OC. The molecule has 0 rings (SSSR count). The summed E-state index contributed by atoms with van der Waals surface area (Å²) in [5.74, 6) is 0. The second-order valence-electron chi connectivity index (χ2n) is 2.94. The lowest BCUT2D eigenvalue weighted by atomic mass is 9.99. The molecular weight excluding hydrogens is 128 g/mol. The predicted molar refractivity (Wildman–Crippen MR) is 42.2 cm³/mol. The van der Waals surface area contributed by atoms with Gasteiger partial charge in [-0.2, -0.15) is 0 Å². The van der Waals surface area contributed by atoms with Gasteiger partial charge in [-0.3, -0.25) is 0 Å². The van der Waals surface area contributed by atoms with Crippen LogP contribution in [-0.2, 0) is 9.47 Å². The first kappa shape index (κ1) is 9.92. The minimum absolute atomic E-state index is 0.163. The second kappa shape index (κ2) is 3.94.